The zero-order chi connectivity index (χ0) is 13.7. The number of benzene rings is 1. The number of rotatable bonds is 6. The SMILES string of the molecule is CCCc1nc(CSc2cccc(Cl)c2)sc1CN. The van der Waals surface area contributed by atoms with Gasteiger partial charge >= 0.3 is 0 Å². The molecule has 0 saturated carbocycles. The Kier molecular flexibility index (Phi) is 5.70. The first-order valence-corrected chi connectivity index (χ1v) is 8.46. The highest BCUT2D eigenvalue weighted by Gasteiger charge is 2.09. The van der Waals surface area contributed by atoms with Crippen molar-refractivity contribution in [3.63, 3.8) is 0 Å². The topological polar surface area (TPSA) is 38.9 Å². The summed E-state index contributed by atoms with van der Waals surface area (Å²) in [7, 11) is 0. The lowest BCUT2D eigenvalue weighted by Gasteiger charge is -1.99. The van der Waals surface area contributed by atoms with E-state index in [0.29, 0.717) is 6.54 Å². The molecule has 0 radical (unpaired) electrons. The average Bonchev–Trinajstić information content (AvgIpc) is 2.79. The van der Waals surface area contributed by atoms with Gasteiger partial charge in [-0.15, -0.1) is 23.1 Å². The minimum Gasteiger partial charge on any atom is -0.326 e. The maximum Gasteiger partial charge on any atom is 0.103 e. The van der Waals surface area contributed by atoms with Crippen molar-refractivity contribution in [2.24, 2.45) is 5.73 Å². The standard InChI is InChI=1S/C14H17ClN2S2/c1-2-4-12-13(8-16)19-14(17-12)9-18-11-6-3-5-10(15)7-11/h3,5-7H,2,4,8-9,16H2,1H3. The van der Waals surface area contributed by atoms with E-state index in [1.54, 1.807) is 23.1 Å². The van der Waals surface area contributed by atoms with Crippen molar-refractivity contribution >= 4 is 34.7 Å². The molecule has 0 spiro atoms. The minimum absolute atomic E-state index is 0.592. The van der Waals surface area contributed by atoms with Crippen molar-refractivity contribution < 1.29 is 0 Å². The van der Waals surface area contributed by atoms with Crippen LogP contribution in [0, 0.1) is 0 Å². The number of hydrogen-bond donors (Lipinski definition) is 1. The molecular formula is C14H17ClN2S2. The maximum atomic E-state index is 5.98. The lowest BCUT2D eigenvalue weighted by atomic mass is 10.2. The van der Waals surface area contributed by atoms with Gasteiger partial charge < -0.3 is 5.73 Å². The monoisotopic (exact) mass is 312 g/mol. The molecule has 0 bridgehead atoms. The molecule has 0 fully saturated rings. The highest BCUT2D eigenvalue weighted by atomic mass is 35.5. The molecule has 2 aromatic rings. The smallest absolute Gasteiger partial charge is 0.103 e. The molecule has 2 N–H and O–H groups in total. The molecule has 1 heterocycles. The highest BCUT2D eigenvalue weighted by Crippen LogP contribution is 2.28. The van der Waals surface area contributed by atoms with E-state index in [4.69, 9.17) is 22.3 Å². The predicted molar refractivity (Wildman–Crippen MR) is 85.0 cm³/mol. The maximum absolute atomic E-state index is 5.98. The fourth-order valence-corrected chi connectivity index (χ4v) is 3.99. The van der Waals surface area contributed by atoms with Crippen LogP contribution in [0.5, 0.6) is 0 Å². The number of nitrogens with two attached hydrogens (primary N) is 1. The lowest BCUT2D eigenvalue weighted by Crippen LogP contribution is -1.97. The van der Waals surface area contributed by atoms with E-state index in [2.05, 4.69) is 13.0 Å². The summed E-state index contributed by atoms with van der Waals surface area (Å²) in [5.74, 6) is 0.877. The second kappa shape index (κ2) is 7.29. The molecule has 0 atom stereocenters. The molecular weight excluding hydrogens is 296 g/mol. The molecule has 1 aromatic carbocycles. The summed E-state index contributed by atoms with van der Waals surface area (Å²) in [5, 5.41) is 1.92. The summed E-state index contributed by atoms with van der Waals surface area (Å²) >= 11 is 9.47. The van der Waals surface area contributed by atoms with E-state index in [9.17, 15) is 0 Å². The predicted octanol–water partition coefficient (Wildman–Crippen LogP) is 4.50. The molecule has 1 aromatic heterocycles. The third kappa shape index (κ3) is 4.21. The molecule has 19 heavy (non-hydrogen) atoms. The number of nitrogens with zero attached hydrogens (tertiary/aromatic N) is 1. The van der Waals surface area contributed by atoms with Gasteiger partial charge in [0.25, 0.3) is 0 Å². The Morgan fingerprint density at radius 3 is 2.95 bits per heavy atom. The van der Waals surface area contributed by atoms with Gasteiger partial charge in [-0.25, -0.2) is 4.98 Å². The van der Waals surface area contributed by atoms with Crippen molar-refractivity contribution in [3.8, 4) is 0 Å². The fourth-order valence-electron chi connectivity index (χ4n) is 1.79. The van der Waals surface area contributed by atoms with E-state index < -0.39 is 0 Å². The number of aryl methyl sites for hydroxylation is 1. The second-order valence-electron chi connectivity index (χ2n) is 4.18. The van der Waals surface area contributed by atoms with Crippen LogP contribution in [0.15, 0.2) is 29.2 Å². The molecule has 0 aliphatic heterocycles. The quantitative estimate of drug-likeness (QED) is 0.798. The van der Waals surface area contributed by atoms with Gasteiger partial charge in [0.15, 0.2) is 0 Å². The summed E-state index contributed by atoms with van der Waals surface area (Å²) in [6, 6.07) is 7.92. The van der Waals surface area contributed by atoms with Crippen LogP contribution >= 0.6 is 34.7 Å². The molecule has 0 unspecified atom stereocenters. The van der Waals surface area contributed by atoms with Crippen LogP contribution < -0.4 is 5.73 Å². The summed E-state index contributed by atoms with van der Waals surface area (Å²) in [6.45, 7) is 2.76. The summed E-state index contributed by atoms with van der Waals surface area (Å²) < 4.78 is 0. The molecule has 2 rings (SSSR count). The first-order valence-electron chi connectivity index (χ1n) is 6.28. The van der Waals surface area contributed by atoms with E-state index in [1.807, 2.05) is 18.2 Å². The molecule has 0 aliphatic rings. The number of thioether (sulfide) groups is 1. The second-order valence-corrected chi connectivity index (χ2v) is 6.83. The molecule has 2 nitrogen and oxygen atoms in total. The fraction of sp³-hybridized carbons (Fsp3) is 0.357. The third-order valence-electron chi connectivity index (χ3n) is 2.65. The summed E-state index contributed by atoms with van der Waals surface area (Å²) in [4.78, 5) is 7.09. The van der Waals surface area contributed by atoms with Crippen LogP contribution in [0.25, 0.3) is 0 Å². The van der Waals surface area contributed by atoms with Crippen LogP contribution in [0.2, 0.25) is 5.02 Å². The van der Waals surface area contributed by atoms with Crippen molar-refractivity contribution in [3.05, 3.63) is 44.9 Å². The number of thiazole rings is 1. The Bertz CT molecular complexity index is 540. The van der Waals surface area contributed by atoms with Gasteiger partial charge in [0.1, 0.15) is 5.01 Å². The normalized spacial score (nSPS) is 10.9. The first kappa shape index (κ1) is 14.9. The summed E-state index contributed by atoms with van der Waals surface area (Å²) in [6.07, 6.45) is 2.13. The van der Waals surface area contributed by atoms with Gasteiger partial charge in [-0.1, -0.05) is 31.0 Å². The van der Waals surface area contributed by atoms with Crippen LogP contribution in [0.1, 0.15) is 28.9 Å². The van der Waals surface area contributed by atoms with Gasteiger partial charge in [-0.3, -0.25) is 0 Å². The number of halogens is 1. The first-order chi connectivity index (χ1) is 9.22. The van der Waals surface area contributed by atoms with E-state index >= 15 is 0 Å². The van der Waals surface area contributed by atoms with Gasteiger partial charge in [-0.05, 0) is 24.6 Å². The third-order valence-corrected chi connectivity index (χ3v) is 5.20. The summed E-state index contributed by atoms with van der Waals surface area (Å²) in [5.41, 5.74) is 6.95. The Labute approximate surface area is 127 Å². The molecule has 102 valence electrons. The van der Waals surface area contributed by atoms with Gasteiger partial charge in [0.05, 0.1) is 11.4 Å². The van der Waals surface area contributed by atoms with E-state index in [0.717, 1.165) is 28.6 Å². The molecule has 0 amide bonds. The van der Waals surface area contributed by atoms with Crippen LogP contribution in [-0.2, 0) is 18.7 Å². The molecule has 0 aliphatic carbocycles. The van der Waals surface area contributed by atoms with E-state index in [1.165, 1.54) is 15.5 Å². The average molecular weight is 313 g/mol. The Morgan fingerprint density at radius 2 is 2.26 bits per heavy atom. The number of hydrogen-bond acceptors (Lipinski definition) is 4. The van der Waals surface area contributed by atoms with Gasteiger partial charge in [0, 0.05) is 21.3 Å². The van der Waals surface area contributed by atoms with Crippen molar-refractivity contribution in [1.29, 1.82) is 0 Å². The Morgan fingerprint density at radius 1 is 1.42 bits per heavy atom. The number of aromatic nitrogens is 1. The molecule has 0 saturated heterocycles. The Hall–Kier alpha value is -0.550. The van der Waals surface area contributed by atoms with Crippen molar-refractivity contribution in [2.75, 3.05) is 0 Å². The lowest BCUT2D eigenvalue weighted by molar-refractivity contribution is 0.866. The minimum atomic E-state index is 0.592. The van der Waals surface area contributed by atoms with Crippen molar-refractivity contribution in [2.45, 2.75) is 37.0 Å². The zero-order valence-corrected chi connectivity index (χ0v) is 13.2. The van der Waals surface area contributed by atoms with Crippen LogP contribution in [-0.4, -0.2) is 4.98 Å². The Balaban J connectivity index is 2.03. The van der Waals surface area contributed by atoms with Crippen LogP contribution in [0.4, 0.5) is 0 Å². The van der Waals surface area contributed by atoms with E-state index in [-0.39, 0.29) is 0 Å². The zero-order valence-electron chi connectivity index (χ0n) is 10.9. The largest absolute Gasteiger partial charge is 0.326 e. The van der Waals surface area contributed by atoms with Gasteiger partial charge in [-0.2, -0.15) is 0 Å². The van der Waals surface area contributed by atoms with Crippen molar-refractivity contribution in [1.82, 2.24) is 4.98 Å². The van der Waals surface area contributed by atoms with Gasteiger partial charge in [0.2, 0.25) is 0 Å². The molecule has 5 heteroatoms. The highest BCUT2D eigenvalue weighted by molar-refractivity contribution is 7.98. The van der Waals surface area contributed by atoms with Crippen LogP contribution in [0.3, 0.4) is 0 Å².